The minimum Gasteiger partial charge on any atom is -0.331 e. The molecule has 0 amide bonds. The van der Waals surface area contributed by atoms with E-state index in [4.69, 9.17) is 4.98 Å². The number of aromatic nitrogens is 2. The number of nitrogens with zero attached hydrogens (tertiary/aromatic N) is 2. The molecule has 2 heterocycles. The van der Waals surface area contributed by atoms with Gasteiger partial charge in [-0.05, 0) is 49.5 Å². The monoisotopic (exact) mass is 243 g/mol. The Labute approximate surface area is 108 Å². The first-order valence-electron chi connectivity index (χ1n) is 6.93. The maximum atomic E-state index is 4.71. The molecule has 0 saturated carbocycles. The van der Waals surface area contributed by atoms with E-state index in [9.17, 15) is 0 Å². The lowest BCUT2D eigenvalue weighted by Crippen LogP contribution is -2.10. The van der Waals surface area contributed by atoms with E-state index >= 15 is 0 Å². The Bertz CT molecular complexity index is 550. The third-order valence-electron chi connectivity index (χ3n) is 4.04. The molecule has 1 aromatic carbocycles. The van der Waals surface area contributed by atoms with E-state index in [2.05, 4.69) is 42.1 Å². The van der Waals surface area contributed by atoms with Crippen LogP contribution in [0.1, 0.15) is 24.7 Å². The van der Waals surface area contributed by atoms with Crippen molar-refractivity contribution in [3.8, 4) is 0 Å². The minimum atomic E-state index is 0.803. The molecular formula is C15H21N3. The summed E-state index contributed by atoms with van der Waals surface area (Å²) in [6, 6.07) is 6.76. The second-order valence-corrected chi connectivity index (χ2v) is 5.33. The molecule has 0 radical (unpaired) electrons. The van der Waals surface area contributed by atoms with Crippen molar-refractivity contribution in [3.05, 3.63) is 29.6 Å². The minimum absolute atomic E-state index is 0.803. The number of fused-ring (bicyclic) bond motifs is 1. The average Bonchev–Trinajstić information content (AvgIpc) is 2.98. The molecule has 1 saturated heterocycles. The normalized spacial score (nSPS) is 19.8. The van der Waals surface area contributed by atoms with Crippen LogP contribution < -0.4 is 5.32 Å². The molecule has 1 fully saturated rings. The molecule has 2 aromatic rings. The summed E-state index contributed by atoms with van der Waals surface area (Å²) in [6.45, 7) is 4.50. The topological polar surface area (TPSA) is 29.9 Å². The molecular weight excluding hydrogens is 222 g/mol. The van der Waals surface area contributed by atoms with Gasteiger partial charge in [-0.25, -0.2) is 4.98 Å². The lowest BCUT2D eigenvalue weighted by atomic mass is 9.98. The number of hydrogen-bond acceptors (Lipinski definition) is 2. The maximum Gasteiger partial charge on any atom is 0.109 e. The van der Waals surface area contributed by atoms with Gasteiger partial charge in [-0.2, -0.15) is 0 Å². The summed E-state index contributed by atoms with van der Waals surface area (Å²) >= 11 is 0. The van der Waals surface area contributed by atoms with Crippen LogP contribution in [0.15, 0.2) is 18.2 Å². The lowest BCUT2D eigenvalue weighted by molar-refractivity contribution is 0.580. The smallest absolute Gasteiger partial charge is 0.109 e. The molecule has 3 heteroatoms. The van der Waals surface area contributed by atoms with E-state index in [1.165, 1.54) is 42.8 Å². The van der Waals surface area contributed by atoms with Gasteiger partial charge in [0.1, 0.15) is 5.82 Å². The fourth-order valence-corrected chi connectivity index (χ4v) is 2.96. The van der Waals surface area contributed by atoms with Gasteiger partial charge in [0.25, 0.3) is 0 Å². The molecule has 1 unspecified atom stereocenters. The van der Waals surface area contributed by atoms with Crippen LogP contribution in [-0.2, 0) is 19.9 Å². The number of hydrogen-bond donors (Lipinski definition) is 1. The fraction of sp³-hybridized carbons (Fsp3) is 0.533. The Morgan fingerprint density at radius 3 is 3.06 bits per heavy atom. The molecule has 0 aliphatic carbocycles. The van der Waals surface area contributed by atoms with Gasteiger partial charge < -0.3 is 9.88 Å². The largest absolute Gasteiger partial charge is 0.331 e. The van der Waals surface area contributed by atoms with E-state index in [0.29, 0.717) is 0 Å². The van der Waals surface area contributed by atoms with Gasteiger partial charge in [0, 0.05) is 13.5 Å². The highest BCUT2D eigenvalue weighted by Crippen LogP contribution is 2.21. The zero-order valence-corrected chi connectivity index (χ0v) is 11.2. The van der Waals surface area contributed by atoms with Crippen molar-refractivity contribution < 1.29 is 0 Å². The van der Waals surface area contributed by atoms with Crippen LogP contribution in [0.25, 0.3) is 11.0 Å². The van der Waals surface area contributed by atoms with Gasteiger partial charge in [0.2, 0.25) is 0 Å². The van der Waals surface area contributed by atoms with Crippen LogP contribution in [0.4, 0.5) is 0 Å². The number of benzene rings is 1. The quantitative estimate of drug-likeness (QED) is 0.896. The fourth-order valence-electron chi connectivity index (χ4n) is 2.96. The van der Waals surface area contributed by atoms with Crippen LogP contribution in [-0.4, -0.2) is 22.6 Å². The van der Waals surface area contributed by atoms with Gasteiger partial charge in [0.15, 0.2) is 0 Å². The van der Waals surface area contributed by atoms with Crippen molar-refractivity contribution in [1.82, 2.24) is 14.9 Å². The Morgan fingerprint density at radius 2 is 2.33 bits per heavy atom. The number of aryl methyl sites for hydroxylation is 2. The standard InChI is InChI=1S/C15H21N3/c1-3-15-17-13-9-11(4-5-14(13)18(15)2)8-12-6-7-16-10-12/h4-5,9,12,16H,3,6-8,10H2,1-2H3. The summed E-state index contributed by atoms with van der Waals surface area (Å²) in [5.74, 6) is 1.97. The highest BCUT2D eigenvalue weighted by atomic mass is 15.1. The molecule has 1 aromatic heterocycles. The van der Waals surface area contributed by atoms with Gasteiger partial charge in [0.05, 0.1) is 11.0 Å². The Balaban J connectivity index is 1.90. The zero-order valence-electron chi connectivity index (χ0n) is 11.2. The van der Waals surface area contributed by atoms with E-state index in [1.807, 2.05) is 0 Å². The summed E-state index contributed by atoms with van der Waals surface area (Å²) in [5, 5.41) is 3.43. The molecule has 1 aliphatic rings. The van der Waals surface area contributed by atoms with Crippen molar-refractivity contribution in [3.63, 3.8) is 0 Å². The summed E-state index contributed by atoms with van der Waals surface area (Å²) in [6.07, 6.45) is 3.48. The Morgan fingerprint density at radius 1 is 1.44 bits per heavy atom. The van der Waals surface area contributed by atoms with Crippen molar-refractivity contribution >= 4 is 11.0 Å². The molecule has 18 heavy (non-hydrogen) atoms. The van der Waals surface area contributed by atoms with E-state index in [-0.39, 0.29) is 0 Å². The molecule has 0 spiro atoms. The van der Waals surface area contributed by atoms with Crippen LogP contribution in [0, 0.1) is 5.92 Å². The van der Waals surface area contributed by atoms with Gasteiger partial charge >= 0.3 is 0 Å². The molecule has 1 N–H and O–H groups in total. The number of imidazole rings is 1. The molecule has 3 nitrogen and oxygen atoms in total. The summed E-state index contributed by atoms with van der Waals surface area (Å²) in [7, 11) is 2.11. The first-order chi connectivity index (χ1) is 8.78. The summed E-state index contributed by atoms with van der Waals surface area (Å²) in [5.41, 5.74) is 3.83. The SMILES string of the molecule is CCc1nc2cc(CC3CCNC3)ccc2n1C. The Hall–Kier alpha value is -1.35. The van der Waals surface area contributed by atoms with Gasteiger partial charge in [-0.1, -0.05) is 13.0 Å². The Kier molecular flexibility index (Phi) is 3.08. The van der Waals surface area contributed by atoms with E-state index in [1.54, 1.807) is 0 Å². The number of nitrogens with one attached hydrogen (secondary N) is 1. The summed E-state index contributed by atoms with van der Waals surface area (Å²) in [4.78, 5) is 4.71. The third kappa shape index (κ3) is 2.03. The van der Waals surface area contributed by atoms with Crippen LogP contribution in [0.5, 0.6) is 0 Å². The highest BCUT2D eigenvalue weighted by molar-refractivity contribution is 5.76. The molecule has 3 rings (SSSR count). The van der Waals surface area contributed by atoms with Crippen LogP contribution >= 0.6 is 0 Å². The predicted molar refractivity (Wildman–Crippen MR) is 74.8 cm³/mol. The molecule has 1 atom stereocenters. The second-order valence-electron chi connectivity index (χ2n) is 5.33. The zero-order chi connectivity index (χ0) is 12.5. The first kappa shape index (κ1) is 11.7. The van der Waals surface area contributed by atoms with Gasteiger partial charge in [-0.15, -0.1) is 0 Å². The average molecular weight is 243 g/mol. The molecule has 0 bridgehead atoms. The van der Waals surface area contributed by atoms with Crippen LogP contribution in [0.3, 0.4) is 0 Å². The summed E-state index contributed by atoms with van der Waals surface area (Å²) < 4.78 is 2.20. The van der Waals surface area contributed by atoms with Crippen molar-refractivity contribution in [1.29, 1.82) is 0 Å². The van der Waals surface area contributed by atoms with Crippen molar-refractivity contribution in [2.24, 2.45) is 13.0 Å². The molecule has 96 valence electrons. The molecule has 1 aliphatic heterocycles. The first-order valence-corrected chi connectivity index (χ1v) is 6.93. The van der Waals surface area contributed by atoms with Crippen molar-refractivity contribution in [2.75, 3.05) is 13.1 Å². The van der Waals surface area contributed by atoms with Crippen LogP contribution in [0.2, 0.25) is 0 Å². The highest BCUT2D eigenvalue weighted by Gasteiger charge is 2.15. The van der Waals surface area contributed by atoms with E-state index < -0.39 is 0 Å². The third-order valence-corrected chi connectivity index (χ3v) is 4.04. The second kappa shape index (κ2) is 4.73. The van der Waals surface area contributed by atoms with E-state index in [0.717, 1.165) is 17.9 Å². The lowest BCUT2D eigenvalue weighted by Gasteiger charge is -2.08. The van der Waals surface area contributed by atoms with Crippen molar-refractivity contribution in [2.45, 2.75) is 26.2 Å². The number of rotatable bonds is 3. The van der Waals surface area contributed by atoms with Gasteiger partial charge in [-0.3, -0.25) is 0 Å². The maximum absolute atomic E-state index is 4.71. The predicted octanol–water partition coefficient (Wildman–Crippen LogP) is 2.29.